The number of aromatic hydroxyl groups is 3. The summed E-state index contributed by atoms with van der Waals surface area (Å²) in [7, 11) is 0. The van der Waals surface area contributed by atoms with Gasteiger partial charge in [-0.15, -0.1) is 0 Å². The van der Waals surface area contributed by atoms with E-state index in [1.54, 1.807) is 6.07 Å². The molecule has 2 aromatic carbocycles. The standard InChI is InChI=1S/C21H20O5/c1-10(2)18-9-14-19(26-18)8-13-5-12(7-17(24)20(13)21(14)25)11-3-4-15(22)16(23)6-11/h3-4,6,8,12,18,22-23,25H,1,5,7,9H2,2H3/t12-,18-/m1/s1. The molecule has 0 radical (unpaired) electrons. The molecule has 0 spiro atoms. The quantitative estimate of drug-likeness (QED) is 0.568. The summed E-state index contributed by atoms with van der Waals surface area (Å²) in [5, 5.41) is 29.9. The number of carbonyl (C=O) groups is 1. The van der Waals surface area contributed by atoms with Crippen molar-refractivity contribution in [2.75, 3.05) is 0 Å². The molecule has 0 saturated carbocycles. The largest absolute Gasteiger partial charge is 0.507 e. The van der Waals surface area contributed by atoms with Crippen molar-refractivity contribution < 1.29 is 24.9 Å². The Balaban J connectivity index is 1.73. The first-order chi connectivity index (χ1) is 12.3. The summed E-state index contributed by atoms with van der Waals surface area (Å²) >= 11 is 0. The Morgan fingerprint density at radius 1 is 1.12 bits per heavy atom. The lowest BCUT2D eigenvalue weighted by atomic mass is 9.78. The number of Topliss-reactive ketones (excluding diaryl/α,β-unsaturated/α-hetero) is 1. The fraction of sp³-hybridized carbons (Fsp3) is 0.286. The van der Waals surface area contributed by atoms with E-state index in [4.69, 9.17) is 4.74 Å². The molecule has 1 aliphatic carbocycles. The lowest BCUT2D eigenvalue weighted by molar-refractivity contribution is 0.0961. The number of hydrogen-bond acceptors (Lipinski definition) is 5. The van der Waals surface area contributed by atoms with Crippen LogP contribution in [0.5, 0.6) is 23.0 Å². The van der Waals surface area contributed by atoms with Gasteiger partial charge in [0.05, 0.1) is 5.56 Å². The van der Waals surface area contributed by atoms with Crippen molar-refractivity contribution in [2.24, 2.45) is 0 Å². The number of rotatable bonds is 2. The predicted molar refractivity (Wildman–Crippen MR) is 96.2 cm³/mol. The minimum absolute atomic E-state index is 0.0262. The third-order valence-electron chi connectivity index (χ3n) is 5.30. The smallest absolute Gasteiger partial charge is 0.167 e. The van der Waals surface area contributed by atoms with Crippen LogP contribution in [-0.2, 0) is 12.8 Å². The van der Waals surface area contributed by atoms with Gasteiger partial charge in [0.25, 0.3) is 0 Å². The van der Waals surface area contributed by atoms with Crippen LogP contribution in [0.25, 0.3) is 0 Å². The van der Waals surface area contributed by atoms with Gasteiger partial charge < -0.3 is 20.1 Å². The number of ketones is 1. The van der Waals surface area contributed by atoms with Gasteiger partial charge in [-0.1, -0.05) is 12.6 Å². The molecule has 4 rings (SSSR count). The van der Waals surface area contributed by atoms with E-state index >= 15 is 0 Å². The Hall–Kier alpha value is -2.95. The number of carbonyl (C=O) groups excluding carboxylic acids is 1. The Labute approximate surface area is 151 Å². The lowest BCUT2D eigenvalue weighted by Crippen LogP contribution is -2.19. The van der Waals surface area contributed by atoms with Crippen LogP contribution in [0, 0.1) is 0 Å². The topological polar surface area (TPSA) is 87.0 Å². The molecule has 134 valence electrons. The number of hydrogen-bond donors (Lipinski definition) is 3. The van der Waals surface area contributed by atoms with Crippen molar-refractivity contribution >= 4 is 5.78 Å². The van der Waals surface area contributed by atoms with E-state index < -0.39 is 0 Å². The van der Waals surface area contributed by atoms with E-state index in [0.717, 1.165) is 16.7 Å². The van der Waals surface area contributed by atoms with Gasteiger partial charge in [-0.25, -0.2) is 0 Å². The molecular formula is C21H20O5. The maximum atomic E-state index is 12.7. The minimum atomic E-state index is -0.204. The first-order valence-corrected chi connectivity index (χ1v) is 8.60. The van der Waals surface area contributed by atoms with Crippen LogP contribution in [0.1, 0.15) is 46.3 Å². The van der Waals surface area contributed by atoms with Crippen LogP contribution in [0.3, 0.4) is 0 Å². The highest BCUT2D eigenvalue weighted by molar-refractivity contribution is 6.02. The van der Waals surface area contributed by atoms with E-state index in [-0.39, 0.29) is 41.5 Å². The van der Waals surface area contributed by atoms with E-state index in [2.05, 4.69) is 6.58 Å². The molecule has 0 aromatic heterocycles. The van der Waals surface area contributed by atoms with E-state index in [1.807, 2.05) is 13.0 Å². The van der Waals surface area contributed by atoms with Crippen molar-refractivity contribution in [3.63, 3.8) is 0 Å². The minimum Gasteiger partial charge on any atom is -0.507 e. The summed E-state index contributed by atoms with van der Waals surface area (Å²) in [4.78, 5) is 12.7. The van der Waals surface area contributed by atoms with Crippen LogP contribution < -0.4 is 4.74 Å². The van der Waals surface area contributed by atoms with E-state index in [1.165, 1.54) is 12.1 Å². The average molecular weight is 352 g/mol. The zero-order valence-electron chi connectivity index (χ0n) is 14.5. The van der Waals surface area contributed by atoms with Gasteiger partial charge in [-0.2, -0.15) is 0 Å². The summed E-state index contributed by atoms with van der Waals surface area (Å²) in [6, 6.07) is 6.46. The highest BCUT2D eigenvalue weighted by Crippen LogP contribution is 2.46. The SMILES string of the molecule is C=C(C)[C@H]1Cc2c(cc3c(c2O)C(=O)C[C@H](c2ccc(O)c(O)c2)C3)O1. The number of benzene rings is 2. The number of ether oxygens (including phenoxy) is 1. The molecule has 0 bridgehead atoms. The van der Waals surface area contributed by atoms with Crippen LogP contribution in [-0.4, -0.2) is 27.2 Å². The molecule has 26 heavy (non-hydrogen) atoms. The molecule has 0 fully saturated rings. The monoisotopic (exact) mass is 352 g/mol. The van der Waals surface area contributed by atoms with Crippen molar-refractivity contribution in [1.29, 1.82) is 0 Å². The second kappa shape index (κ2) is 5.80. The van der Waals surface area contributed by atoms with Crippen LogP contribution in [0.15, 0.2) is 36.4 Å². The summed E-state index contributed by atoms with van der Waals surface area (Å²) in [6.07, 6.45) is 1.13. The number of fused-ring (bicyclic) bond motifs is 2. The molecule has 5 nitrogen and oxygen atoms in total. The van der Waals surface area contributed by atoms with Crippen LogP contribution >= 0.6 is 0 Å². The van der Waals surface area contributed by atoms with Crippen LogP contribution in [0.4, 0.5) is 0 Å². The molecule has 2 atom stereocenters. The van der Waals surface area contributed by atoms with Gasteiger partial charge in [-0.05, 0) is 54.2 Å². The molecule has 2 aromatic rings. The van der Waals surface area contributed by atoms with Crippen molar-refractivity contribution in [3.05, 3.63) is 58.7 Å². The molecular weight excluding hydrogens is 332 g/mol. The van der Waals surface area contributed by atoms with E-state index in [0.29, 0.717) is 29.7 Å². The third-order valence-corrected chi connectivity index (χ3v) is 5.30. The molecule has 5 heteroatoms. The molecule has 3 N–H and O–H groups in total. The average Bonchev–Trinajstić information content (AvgIpc) is 3.01. The summed E-state index contributed by atoms with van der Waals surface area (Å²) in [5.41, 5.74) is 3.46. The zero-order valence-corrected chi connectivity index (χ0v) is 14.5. The Bertz CT molecular complexity index is 944. The highest BCUT2D eigenvalue weighted by Gasteiger charge is 2.35. The fourth-order valence-electron chi connectivity index (χ4n) is 3.86. The highest BCUT2D eigenvalue weighted by atomic mass is 16.5. The fourth-order valence-corrected chi connectivity index (χ4v) is 3.86. The maximum absolute atomic E-state index is 12.7. The van der Waals surface area contributed by atoms with Crippen molar-refractivity contribution in [3.8, 4) is 23.0 Å². The Morgan fingerprint density at radius 3 is 2.58 bits per heavy atom. The normalized spacial score (nSPS) is 21.0. The predicted octanol–water partition coefficient (Wildman–Crippen LogP) is 3.60. The van der Waals surface area contributed by atoms with Gasteiger partial charge in [0.15, 0.2) is 17.3 Å². The summed E-state index contributed by atoms with van der Waals surface area (Å²) in [5.74, 6) is -0.00847. The lowest BCUT2D eigenvalue weighted by Gasteiger charge is -2.25. The third kappa shape index (κ3) is 2.51. The van der Waals surface area contributed by atoms with Gasteiger partial charge in [-0.3, -0.25) is 4.79 Å². The van der Waals surface area contributed by atoms with Crippen LogP contribution in [0.2, 0.25) is 0 Å². The molecule has 0 unspecified atom stereocenters. The first-order valence-electron chi connectivity index (χ1n) is 8.60. The summed E-state index contributed by atoms with van der Waals surface area (Å²) < 4.78 is 5.88. The second-order valence-corrected chi connectivity index (χ2v) is 7.17. The molecule has 1 heterocycles. The first kappa shape index (κ1) is 16.5. The molecule has 2 aliphatic rings. The molecule has 0 amide bonds. The van der Waals surface area contributed by atoms with Gasteiger partial charge >= 0.3 is 0 Å². The zero-order chi connectivity index (χ0) is 18.6. The van der Waals surface area contributed by atoms with E-state index in [9.17, 15) is 20.1 Å². The number of phenols is 3. The number of phenolic OH excluding ortho intramolecular Hbond substituents is 3. The molecule has 1 aliphatic heterocycles. The van der Waals surface area contributed by atoms with Gasteiger partial charge in [0.1, 0.15) is 17.6 Å². The second-order valence-electron chi connectivity index (χ2n) is 7.17. The van der Waals surface area contributed by atoms with Crippen molar-refractivity contribution in [1.82, 2.24) is 0 Å². The summed E-state index contributed by atoms with van der Waals surface area (Å²) in [6.45, 7) is 5.79. The maximum Gasteiger partial charge on any atom is 0.167 e. The van der Waals surface area contributed by atoms with Gasteiger partial charge in [0, 0.05) is 18.4 Å². The van der Waals surface area contributed by atoms with Crippen molar-refractivity contribution in [2.45, 2.75) is 38.2 Å². The Kier molecular flexibility index (Phi) is 3.68. The van der Waals surface area contributed by atoms with Gasteiger partial charge in [0.2, 0.25) is 0 Å². The Morgan fingerprint density at radius 2 is 1.88 bits per heavy atom. The molecule has 0 saturated heterocycles.